The molecule has 0 bridgehead atoms. The molecular formula is C15H25N3O. The van der Waals surface area contributed by atoms with Gasteiger partial charge in [0, 0.05) is 24.0 Å². The molecule has 1 atom stereocenters. The molecule has 1 unspecified atom stereocenters. The Kier molecular flexibility index (Phi) is 4.09. The topological polar surface area (TPSA) is 47.0 Å². The van der Waals surface area contributed by atoms with E-state index < -0.39 is 0 Å². The zero-order valence-corrected chi connectivity index (χ0v) is 12.7. The molecule has 1 N–H and O–H groups in total. The molecular weight excluding hydrogens is 238 g/mol. The lowest BCUT2D eigenvalue weighted by molar-refractivity contribution is -0.0554. The normalized spacial score (nSPS) is 22.5. The summed E-state index contributed by atoms with van der Waals surface area (Å²) < 4.78 is 5.74. The van der Waals surface area contributed by atoms with Crippen LogP contribution in [0.2, 0.25) is 0 Å². The summed E-state index contributed by atoms with van der Waals surface area (Å²) in [6.45, 7) is 11.4. The van der Waals surface area contributed by atoms with Crippen molar-refractivity contribution in [2.75, 3.05) is 11.9 Å². The SMILES string of the molecule is Cc1cc(C(C)C)nc(NC2CCOC(C)(C)C2)n1. The van der Waals surface area contributed by atoms with E-state index in [0.29, 0.717) is 12.0 Å². The lowest BCUT2D eigenvalue weighted by atomic mass is 9.94. The molecule has 2 rings (SSSR count). The first-order valence-electron chi connectivity index (χ1n) is 7.12. The van der Waals surface area contributed by atoms with E-state index in [9.17, 15) is 0 Å². The van der Waals surface area contributed by atoms with Gasteiger partial charge in [-0.2, -0.15) is 0 Å². The largest absolute Gasteiger partial charge is 0.375 e. The van der Waals surface area contributed by atoms with Crippen molar-refractivity contribution in [3.63, 3.8) is 0 Å². The quantitative estimate of drug-likeness (QED) is 0.909. The summed E-state index contributed by atoms with van der Waals surface area (Å²) in [5, 5.41) is 3.47. The Labute approximate surface area is 116 Å². The van der Waals surface area contributed by atoms with E-state index in [1.54, 1.807) is 0 Å². The third kappa shape index (κ3) is 3.90. The van der Waals surface area contributed by atoms with Crippen LogP contribution in [0.1, 0.15) is 57.8 Å². The monoisotopic (exact) mass is 263 g/mol. The first kappa shape index (κ1) is 14.3. The molecule has 1 aliphatic rings. The lowest BCUT2D eigenvalue weighted by Crippen LogP contribution is -2.40. The minimum absolute atomic E-state index is 0.0549. The summed E-state index contributed by atoms with van der Waals surface area (Å²) in [7, 11) is 0. The van der Waals surface area contributed by atoms with Gasteiger partial charge in [0.2, 0.25) is 5.95 Å². The van der Waals surface area contributed by atoms with Gasteiger partial charge < -0.3 is 10.1 Å². The van der Waals surface area contributed by atoms with Crippen LogP contribution in [-0.2, 0) is 4.74 Å². The molecule has 4 nitrogen and oxygen atoms in total. The van der Waals surface area contributed by atoms with Crippen LogP contribution >= 0.6 is 0 Å². The van der Waals surface area contributed by atoms with Gasteiger partial charge in [-0.3, -0.25) is 0 Å². The molecule has 106 valence electrons. The van der Waals surface area contributed by atoms with Crippen LogP contribution in [0.25, 0.3) is 0 Å². The van der Waals surface area contributed by atoms with Crippen LogP contribution in [0.4, 0.5) is 5.95 Å². The Hall–Kier alpha value is -1.16. The maximum Gasteiger partial charge on any atom is 0.223 e. The second-order valence-electron chi connectivity index (χ2n) is 6.35. The number of aryl methyl sites for hydroxylation is 1. The van der Waals surface area contributed by atoms with Crippen LogP contribution < -0.4 is 5.32 Å². The molecule has 0 radical (unpaired) electrons. The molecule has 0 saturated carbocycles. The van der Waals surface area contributed by atoms with E-state index in [-0.39, 0.29) is 5.60 Å². The fourth-order valence-electron chi connectivity index (χ4n) is 2.49. The van der Waals surface area contributed by atoms with Crippen molar-refractivity contribution in [1.29, 1.82) is 0 Å². The summed E-state index contributed by atoms with van der Waals surface area (Å²) in [5.74, 6) is 1.18. The standard InChI is InChI=1S/C15H25N3O/c1-10(2)13-8-11(3)16-14(18-13)17-12-6-7-19-15(4,5)9-12/h8,10,12H,6-7,9H2,1-5H3,(H,16,17,18). The van der Waals surface area contributed by atoms with Gasteiger partial charge in [-0.15, -0.1) is 0 Å². The third-order valence-corrected chi connectivity index (χ3v) is 3.50. The van der Waals surface area contributed by atoms with E-state index >= 15 is 0 Å². The summed E-state index contributed by atoms with van der Waals surface area (Å²) >= 11 is 0. The van der Waals surface area contributed by atoms with Crippen LogP contribution in [0.15, 0.2) is 6.07 Å². The molecule has 1 aromatic heterocycles. The lowest BCUT2D eigenvalue weighted by Gasteiger charge is -2.35. The van der Waals surface area contributed by atoms with Gasteiger partial charge in [-0.1, -0.05) is 13.8 Å². The smallest absolute Gasteiger partial charge is 0.223 e. The molecule has 0 amide bonds. The van der Waals surface area contributed by atoms with E-state index in [1.807, 2.05) is 6.92 Å². The van der Waals surface area contributed by atoms with E-state index in [0.717, 1.165) is 36.8 Å². The number of ether oxygens (including phenoxy) is 1. The van der Waals surface area contributed by atoms with Crippen LogP contribution in [0, 0.1) is 6.92 Å². The number of nitrogens with zero attached hydrogens (tertiary/aromatic N) is 2. The average molecular weight is 263 g/mol. The maximum absolute atomic E-state index is 5.74. The van der Waals surface area contributed by atoms with Gasteiger partial charge in [0.15, 0.2) is 0 Å². The number of nitrogens with one attached hydrogen (secondary N) is 1. The highest BCUT2D eigenvalue weighted by Crippen LogP contribution is 2.26. The van der Waals surface area contributed by atoms with Gasteiger partial charge in [0.25, 0.3) is 0 Å². The summed E-state index contributed by atoms with van der Waals surface area (Å²) in [6, 6.07) is 2.45. The molecule has 19 heavy (non-hydrogen) atoms. The Balaban J connectivity index is 2.10. The van der Waals surface area contributed by atoms with Crippen molar-refractivity contribution in [3.05, 3.63) is 17.5 Å². The number of rotatable bonds is 3. The highest BCUT2D eigenvalue weighted by molar-refractivity contribution is 5.30. The minimum Gasteiger partial charge on any atom is -0.375 e. The Morgan fingerprint density at radius 2 is 2.11 bits per heavy atom. The van der Waals surface area contributed by atoms with Crippen LogP contribution in [-0.4, -0.2) is 28.2 Å². The molecule has 1 saturated heterocycles. The molecule has 1 fully saturated rings. The van der Waals surface area contributed by atoms with Crippen molar-refractivity contribution in [2.45, 2.75) is 65.0 Å². The van der Waals surface area contributed by atoms with E-state index in [4.69, 9.17) is 4.74 Å². The second kappa shape index (κ2) is 5.45. The number of hydrogen-bond donors (Lipinski definition) is 1. The summed E-state index contributed by atoms with van der Waals surface area (Å²) in [6.07, 6.45) is 2.00. The van der Waals surface area contributed by atoms with Crippen molar-refractivity contribution in [2.24, 2.45) is 0 Å². The molecule has 1 aromatic rings. The van der Waals surface area contributed by atoms with Gasteiger partial charge in [-0.05, 0) is 45.6 Å². The molecule has 1 aliphatic heterocycles. The maximum atomic E-state index is 5.74. The van der Waals surface area contributed by atoms with Gasteiger partial charge in [0.1, 0.15) is 0 Å². The van der Waals surface area contributed by atoms with Crippen LogP contribution in [0.5, 0.6) is 0 Å². The molecule has 0 aromatic carbocycles. The van der Waals surface area contributed by atoms with E-state index in [2.05, 4.69) is 49.0 Å². The van der Waals surface area contributed by atoms with Crippen molar-refractivity contribution < 1.29 is 4.74 Å². The number of aromatic nitrogens is 2. The van der Waals surface area contributed by atoms with Crippen LogP contribution in [0.3, 0.4) is 0 Å². The fourth-order valence-corrected chi connectivity index (χ4v) is 2.49. The van der Waals surface area contributed by atoms with Crippen molar-refractivity contribution in [3.8, 4) is 0 Å². The Morgan fingerprint density at radius 1 is 1.37 bits per heavy atom. The predicted octanol–water partition coefficient (Wildman–Crippen LogP) is 3.28. The van der Waals surface area contributed by atoms with Gasteiger partial charge in [-0.25, -0.2) is 9.97 Å². The minimum atomic E-state index is -0.0549. The number of anilines is 1. The highest BCUT2D eigenvalue weighted by Gasteiger charge is 2.29. The summed E-state index contributed by atoms with van der Waals surface area (Å²) in [5.41, 5.74) is 2.06. The number of hydrogen-bond acceptors (Lipinski definition) is 4. The molecule has 0 spiro atoms. The molecule has 0 aliphatic carbocycles. The predicted molar refractivity (Wildman–Crippen MR) is 77.5 cm³/mol. The zero-order chi connectivity index (χ0) is 14.0. The van der Waals surface area contributed by atoms with E-state index in [1.165, 1.54) is 0 Å². The Bertz CT molecular complexity index is 443. The fraction of sp³-hybridized carbons (Fsp3) is 0.733. The zero-order valence-electron chi connectivity index (χ0n) is 12.7. The van der Waals surface area contributed by atoms with Crippen molar-refractivity contribution in [1.82, 2.24) is 9.97 Å². The summed E-state index contributed by atoms with van der Waals surface area (Å²) in [4.78, 5) is 9.11. The molecule has 2 heterocycles. The molecule has 4 heteroatoms. The van der Waals surface area contributed by atoms with Crippen molar-refractivity contribution >= 4 is 5.95 Å². The highest BCUT2D eigenvalue weighted by atomic mass is 16.5. The van der Waals surface area contributed by atoms with Gasteiger partial charge >= 0.3 is 0 Å². The Morgan fingerprint density at radius 3 is 2.74 bits per heavy atom. The first-order chi connectivity index (χ1) is 8.85. The van der Waals surface area contributed by atoms with Gasteiger partial charge in [0.05, 0.1) is 5.60 Å². The third-order valence-electron chi connectivity index (χ3n) is 3.50. The second-order valence-corrected chi connectivity index (χ2v) is 6.35. The average Bonchev–Trinajstić information content (AvgIpc) is 2.26. The first-order valence-corrected chi connectivity index (χ1v) is 7.12.